The fourth-order valence-electron chi connectivity index (χ4n) is 2.90. The molecule has 1 aromatic rings. The highest BCUT2D eigenvalue weighted by atomic mass is 16.5. The normalized spacial score (nSPS) is 21.6. The molecule has 4 nitrogen and oxygen atoms in total. The van der Waals surface area contributed by atoms with Crippen LogP contribution in [0.1, 0.15) is 38.2 Å². The second-order valence-electron chi connectivity index (χ2n) is 5.82. The maximum Gasteiger partial charge on any atom is 0.244 e. The predicted molar refractivity (Wildman–Crippen MR) is 88.1 cm³/mol. The van der Waals surface area contributed by atoms with Gasteiger partial charge in [-0.05, 0) is 43.0 Å². The summed E-state index contributed by atoms with van der Waals surface area (Å²) in [7, 11) is 3.23. The summed E-state index contributed by atoms with van der Waals surface area (Å²) in [6.45, 7) is 2.21. The van der Waals surface area contributed by atoms with Gasteiger partial charge in [0.25, 0.3) is 0 Å². The SMILES string of the molecule is COc1ccc(OC)c(/C=C/C(=O)NC2CCCCC2C)c1. The van der Waals surface area contributed by atoms with E-state index < -0.39 is 0 Å². The molecule has 120 valence electrons. The first kappa shape index (κ1) is 16.4. The van der Waals surface area contributed by atoms with Crippen LogP contribution >= 0.6 is 0 Å². The Labute approximate surface area is 132 Å². The van der Waals surface area contributed by atoms with Crippen LogP contribution in [0.15, 0.2) is 24.3 Å². The highest BCUT2D eigenvalue weighted by molar-refractivity contribution is 5.92. The summed E-state index contributed by atoms with van der Waals surface area (Å²) >= 11 is 0. The van der Waals surface area contributed by atoms with E-state index in [1.54, 1.807) is 26.4 Å². The van der Waals surface area contributed by atoms with Crippen LogP contribution in [-0.4, -0.2) is 26.2 Å². The first-order chi connectivity index (χ1) is 10.6. The van der Waals surface area contributed by atoms with E-state index in [0.29, 0.717) is 5.92 Å². The Morgan fingerprint density at radius 1 is 1.23 bits per heavy atom. The third-order valence-corrected chi connectivity index (χ3v) is 4.29. The van der Waals surface area contributed by atoms with Crippen molar-refractivity contribution in [3.8, 4) is 11.5 Å². The molecule has 1 aliphatic carbocycles. The predicted octanol–water partition coefficient (Wildman–Crippen LogP) is 3.41. The molecule has 1 aromatic carbocycles. The van der Waals surface area contributed by atoms with Gasteiger partial charge in [-0.3, -0.25) is 4.79 Å². The van der Waals surface area contributed by atoms with Gasteiger partial charge >= 0.3 is 0 Å². The Balaban J connectivity index is 2.02. The van der Waals surface area contributed by atoms with Crippen LogP contribution in [-0.2, 0) is 4.79 Å². The van der Waals surface area contributed by atoms with Crippen LogP contribution in [0.3, 0.4) is 0 Å². The van der Waals surface area contributed by atoms with Crippen molar-refractivity contribution in [2.24, 2.45) is 5.92 Å². The van der Waals surface area contributed by atoms with Crippen LogP contribution in [0.5, 0.6) is 11.5 Å². The lowest BCUT2D eigenvalue weighted by atomic mass is 9.86. The van der Waals surface area contributed by atoms with Crippen molar-refractivity contribution in [2.75, 3.05) is 14.2 Å². The molecular weight excluding hydrogens is 278 g/mol. The number of benzene rings is 1. The van der Waals surface area contributed by atoms with Gasteiger partial charge in [0.05, 0.1) is 14.2 Å². The minimum Gasteiger partial charge on any atom is -0.497 e. The van der Waals surface area contributed by atoms with Crippen molar-refractivity contribution in [1.29, 1.82) is 0 Å². The quantitative estimate of drug-likeness (QED) is 0.848. The molecule has 0 saturated heterocycles. The smallest absolute Gasteiger partial charge is 0.244 e. The highest BCUT2D eigenvalue weighted by Gasteiger charge is 2.21. The minimum absolute atomic E-state index is 0.0522. The van der Waals surface area contributed by atoms with E-state index in [1.165, 1.54) is 19.3 Å². The van der Waals surface area contributed by atoms with Gasteiger partial charge in [-0.25, -0.2) is 0 Å². The first-order valence-corrected chi connectivity index (χ1v) is 7.84. The summed E-state index contributed by atoms with van der Waals surface area (Å²) in [5.41, 5.74) is 0.827. The van der Waals surface area contributed by atoms with Gasteiger partial charge in [0.1, 0.15) is 11.5 Å². The number of hydrogen-bond donors (Lipinski definition) is 1. The number of methoxy groups -OCH3 is 2. The molecule has 22 heavy (non-hydrogen) atoms. The zero-order chi connectivity index (χ0) is 15.9. The van der Waals surface area contributed by atoms with Crippen LogP contribution in [0.4, 0.5) is 0 Å². The largest absolute Gasteiger partial charge is 0.497 e. The van der Waals surface area contributed by atoms with Crippen molar-refractivity contribution in [3.05, 3.63) is 29.8 Å². The van der Waals surface area contributed by atoms with Gasteiger partial charge in [0, 0.05) is 17.7 Å². The average molecular weight is 303 g/mol. The third-order valence-electron chi connectivity index (χ3n) is 4.29. The first-order valence-electron chi connectivity index (χ1n) is 7.84. The van der Waals surface area contributed by atoms with E-state index in [-0.39, 0.29) is 11.9 Å². The van der Waals surface area contributed by atoms with E-state index in [0.717, 1.165) is 23.5 Å². The minimum atomic E-state index is -0.0522. The Morgan fingerprint density at radius 2 is 2.00 bits per heavy atom. The Bertz CT molecular complexity index is 539. The van der Waals surface area contributed by atoms with Gasteiger partial charge in [0.2, 0.25) is 5.91 Å². The zero-order valence-electron chi connectivity index (χ0n) is 13.6. The van der Waals surface area contributed by atoms with E-state index in [2.05, 4.69) is 12.2 Å². The van der Waals surface area contributed by atoms with Crippen LogP contribution < -0.4 is 14.8 Å². The van der Waals surface area contributed by atoms with Gasteiger partial charge < -0.3 is 14.8 Å². The summed E-state index contributed by atoms with van der Waals surface area (Å²) in [6, 6.07) is 5.81. The van der Waals surface area contributed by atoms with Crippen molar-refractivity contribution < 1.29 is 14.3 Å². The fourth-order valence-corrected chi connectivity index (χ4v) is 2.90. The van der Waals surface area contributed by atoms with Crippen molar-refractivity contribution in [2.45, 2.75) is 38.6 Å². The second kappa shape index (κ2) is 7.87. The van der Waals surface area contributed by atoms with Gasteiger partial charge in [-0.1, -0.05) is 19.8 Å². The summed E-state index contributed by atoms with van der Waals surface area (Å²) < 4.78 is 10.5. The van der Waals surface area contributed by atoms with Crippen molar-refractivity contribution >= 4 is 12.0 Å². The van der Waals surface area contributed by atoms with E-state index in [4.69, 9.17) is 9.47 Å². The Morgan fingerprint density at radius 3 is 2.68 bits per heavy atom. The molecular formula is C18H25NO3. The molecule has 0 radical (unpaired) electrons. The highest BCUT2D eigenvalue weighted by Crippen LogP contribution is 2.26. The maximum atomic E-state index is 12.1. The molecule has 1 N–H and O–H groups in total. The Hall–Kier alpha value is -1.97. The van der Waals surface area contributed by atoms with Crippen molar-refractivity contribution in [3.63, 3.8) is 0 Å². The fraction of sp³-hybridized carbons (Fsp3) is 0.500. The molecule has 1 aliphatic rings. The number of carbonyl (C=O) groups excluding carboxylic acids is 1. The number of carbonyl (C=O) groups is 1. The lowest BCUT2D eigenvalue weighted by Gasteiger charge is -2.29. The molecule has 2 unspecified atom stereocenters. The number of nitrogens with one attached hydrogen (secondary N) is 1. The third kappa shape index (κ3) is 4.26. The standard InChI is InChI=1S/C18H25NO3/c1-13-6-4-5-7-16(13)19-18(20)11-8-14-12-15(21-2)9-10-17(14)22-3/h8-13,16H,4-7H2,1-3H3,(H,19,20)/b11-8+. The molecule has 0 aliphatic heterocycles. The summed E-state index contributed by atoms with van der Waals surface area (Å²) in [5, 5.41) is 3.11. The molecule has 0 bridgehead atoms. The summed E-state index contributed by atoms with van der Waals surface area (Å²) in [5.74, 6) is 1.96. The molecule has 0 spiro atoms. The maximum absolute atomic E-state index is 12.1. The van der Waals surface area contributed by atoms with Crippen LogP contribution in [0.2, 0.25) is 0 Å². The van der Waals surface area contributed by atoms with E-state index >= 15 is 0 Å². The topological polar surface area (TPSA) is 47.6 Å². The van der Waals surface area contributed by atoms with Gasteiger partial charge in [-0.2, -0.15) is 0 Å². The van der Waals surface area contributed by atoms with E-state index in [9.17, 15) is 4.79 Å². The molecule has 1 fully saturated rings. The molecule has 0 aromatic heterocycles. The molecule has 2 rings (SSSR count). The van der Waals surface area contributed by atoms with Crippen LogP contribution in [0, 0.1) is 5.92 Å². The van der Waals surface area contributed by atoms with E-state index in [1.807, 2.05) is 18.2 Å². The van der Waals surface area contributed by atoms with Gasteiger partial charge in [0.15, 0.2) is 0 Å². The number of rotatable bonds is 5. The number of amides is 1. The van der Waals surface area contributed by atoms with Gasteiger partial charge in [-0.15, -0.1) is 0 Å². The summed E-state index contributed by atoms with van der Waals surface area (Å²) in [4.78, 5) is 12.1. The molecule has 4 heteroatoms. The zero-order valence-corrected chi connectivity index (χ0v) is 13.6. The Kier molecular flexibility index (Phi) is 5.87. The second-order valence-corrected chi connectivity index (χ2v) is 5.82. The average Bonchev–Trinajstić information content (AvgIpc) is 2.54. The molecule has 1 saturated carbocycles. The van der Waals surface area contributed by atoms with Crippen LogP contribution in [0.25, 0.3) is 6.08 Å². The lowest BCUT2D eigenvalue weighted by molar-refractivity contribution is -0.117. The molecule has 1 amide bonds. The monoisotopic (exact) mass is 303 g/mol. The number of hydrogen-bond acceptors (Lipinski definition) is 3. The molecule has 2 atom stereocenters. The lowest BCUT2D eigenvalue weighted by Crippen LogP contribution is -2.40. The molecule has 0 heterocycles. The van der Waals surface area contributed by atoms with Crippen molar-refractivity contribution in [1.82, 2.24) is 5.32 Å². The summed E-state index contributed by atoms with van der Waals surface area (Å²) in [6.07, 6.45) is 8.07. The number of ether oxygens (including phenoxy) is 2.